The van der Waals surface area contributed by atoms with Crippen LogP contribution in [0.3, 0.4) is 0 Å². The molecule has 1 aliphatic rings. The minimum absolute atomic E-state index is 0.0155. The second-order valence-corrected chi connectivity index (χ2v) is 6.58. The van der Waals surface area contributed by atoms with Crippen LogP contribution in [-0.2, 0) is 9.84 Å². The monoisotopic (exact) mass is 233 g/mol. The van der Waals surface area contributed by atoms with Gasteiger partial charge in [0.25, 0.3) is 0 Å². The normalized spacial score (nSPS) is 26.7. The largest absolute Gasteiger partial charge is 0.387 e. The molecule has 1 rings (SSSR count). The molecule has 0 spiro atoms. The Morgan fingerprint density at radius 3 is 2.67 bits per heavy atom. The zero-order valence-electron chi connectivity index (χ0n) is 9.23. The van der Waals surface area contributed by atoms with Gasteiger partial charge in [0.15, 0.2) is 9.84 Å². The standard InChI is InChI=1S/C9H19N3O2S/c1-7(9(10)11)5-12(2)8-3-4-15(13,14)6-8/h7-8H,3-6H2,1-2H3,(H3,10,11). The summed E-state index contributed by atoms with van der Waals surface area (Å²) in [5.74, 6) is 0.672. The summed E-state index contributed by atoms with van der Waals surface area (Å²) >= 11 is 0. The predicted molar refractivity (Wildman–Crippen MR) is 60.8 cm³/mol. The Kier molecular flexibility index (Phi) is 3.72. The molecule has 6 heteroatoms. The lowest BCUT2D eigenvalue weighted by Crippen LogP contribution is -2.39. The van der Waals surface area contributed by atoms with Crippen molar-refractivity contribution < 1.29 is 8.42 Å². The van der Waals surface area contributed by atoms with Crippen LogP contribution in [0.15, 0.2) is 0 Å². The van der Waals surface area contributed by atoms with Crippen molar-refractivity contribution in [1.29, 1.82) is 5.41 Å². The summed E-state index contributed by atoms with van der Waals surface area (Å²) in [6.07, 6.45) is 0.698. The van der Waals surface area contributed by atoms with Crippen LogP contribution in [0.5, 0.6) is 0 Å². The van der Waals surface area contributed by atoms with Crippen LogP contribution in [-0.4, -0.2) is 50.3 Å². The Morgan fingerprint density at radius 1 is 1.67 bits per heavy atom. The smallest absolute Gasteiger partial charge is 0.151 e. The molecule has 0 aromatic carbocycles. The van der Waals surface area contributed by atoms with Crippen molar-refractivity contribution in [3.05, 3.63) is 0 Å². The van der Waals surface area contributed by atoms with Crippen molar-refractivity contribution >= 4 is 15.7 Å². The molecule has 88 valence electrons. The molecular formula is C9H19N3O2S. The number of rotatable bonds is 4. The van der Waals surface area contributed by atoms with Gasteiger partial charge in [-0.15, -0.1) is 0 Å². The van der Waals surface area contributed by atoms with E-state index in [9.17, 15) is 8.42 Å². The van der Waals surface area contributed by atoms with Gasteiger partial charge in [-0.25, -0.2) is 8.42 Å². The van der Waals surface area contributed by atoms with Gasteiger partial charge >= 0.3 is 0 Å². The van der Waals surface area contributed by atoms with Gasteiger partial charge in [-0.3, -0.25) is 5.41 Å². The first-order valence-corrected chi connectivity index (χ1v) is 6.88. The number of hydrogen-bond acceptors (Lipinski definition) is 4. The maximum atomic E-state index is 11.3. The molecule has 0 saturated carbocycles. The maximum Gasteiger partial charge on any atom is 0.151 e. The molecule has 2 atom stereocenters. The molecule has 3 N–H and O–H groups in total. The van der Waals surface area contributed by atoms with E-state index >= 15 is 0 Å². The van der Waals surface area contributed by atoms with Crippen LogP contribution in [0.4, 0.5) is 0 Å². The molecule has 1 saturated heterocycles. The van der Waals surface area contributed by atoms with Gasteiger partial charge in [0.1, 0.15) is 0 Å². The van der Waals surface area contributed by atoms with E-state index in [0.29, 0.717) is 13.0 Å². The Balaban J connectivity index is 2.49. The van der Waals surface area contributed by atoms with Gasteiger partial charge in [-0.05, 0) is 13.5 Å². The first-order chi connectivity index (χ1) is 6.82. The molecule has 0 bridgehead atoms. The number of nitrogens with one attached hydrogen (secondary N) is 1. The molecule has 1 heterocycles. The summed E-state index contributed by atoms with van der Waals surface area (Å²) in [4.78, 5) is 2.00. The summed E-state index contributed by atoms with van der Waals surface area (Å²) in [7, 11) is -0.929. The minimum Gasteiger partial charge on any atom is -0.387 e. The number of amidine groups is 1. The number of nitrogens with zero attached hydrogens (tertiary/aromatic N) is 1. The molecule has 0 aromatic heterocycles. The third-order valence-corrected chi connectivity index (χ3v) is 4.67. The second kappa shape index (κ2) is 4.49. The van der Waals surface area contributed by atoms with E-state index in [2.05, 4.69) is 0 Å². The van der Waals surface area contributed by atoms with E-state index in [1.54, 1.807) is 0 Å². The van der Waals surface area contributed by atoms with Gasteiger partial charge in [-0.1, -0.05) is 6.92 Å². The Labute approximate surface area is 91.1 Å². The fourth-order valence-electron chi connectivity index (χ4n) is 1.80. The first-order valence-electron chi connectivity index (χ1n) is 5.06. The van der Waals surface area contributed by atoms with Crippen LogP contribution in [0.1, 0.15) is 13.3 Å². The maximum absolute atomic E-state index is 11.3. The van der Waals surface area contributed by atoms with Crippen molar-refractivity contribution in [2.45, 2.75) is 19.4 Å². The number of sulfone groups is 1. The van der Waals surface area contributed by atoms with Crippen molar-refractivity contribution in [3.63, 3.8) is 0 Å². The molecule has 0 aliphatic carbocycles. The predicted octanol–water partition coefficient (Wildman–Crippen LogP) is -0.323. The molecule has 0 radical (unpaired) electrons. The first kappa shape index (κ1) is 12.4. The third kappa shape index (κ3) is 3.46. The topological polar surface area (TPSA) is 87.2 Å². The van der Waals surface area contributed by atoms with E-state index < -0.39 is 9.84 Å². The lowest BCUT2D eigenvalue weighted by Gasteiger charge is -2.25. The fourth-order valence-corrected chi connectivity index (χ4v) is 3.61. The van der Waals surface area contributed by atoms with E-state index in [0.717, 1.165) is 0 Å². The summed E-state index contributed by atoms with van der Waals surface area (Å²) in [5, 5.41) is 7.28. The zero-order valence-corrected chi connectivity index (χ0v) is 10.0. The van der Waals surface area contributed by atoms with Crippen LogP contribution < -0.4 is 5.73 Å². The van der Waals surface area contributed by atoms with Crippen molar-refractivity contribution in [2.75, 3.05) is 25.1 Å². The Morgan fingerprint density at radius 2 is 2.27 bits per heavy atom. The highest BCUT2D eigenvalue weighted by molar-refractivity contribution is 7.91. The van der Waals surface area contributed by atoms with E-state index in [-0.39, 0.29) is 29.3 Å². The van der Waals surface area contributed by atoms with Crippen molar-refractivity contribution in [1.82, 2.24) is 4.90 Å². The molecule has 1 aliphatic heterocycles. The SMILES string of the molecule is CC(CN(C)C1CCS(=O)(=O)C1)C(=N)N. The quantitative estimate of drug-likeness (QED) is 0.514. The molecule has 2 unspecified atom stereocenters. The van der Waals surface area contributed by atoms with Gasteiger partial charge in [0.05, 0.1) is 17.3 Å². The van der Waals surface area contributed by atoms with Crippen LogP contribution in [0.2, 0.25) is 0 Å². The average Bonchev–Trinajstić information content (AvgIpc) is 2.45. The highest BCUT2D eigenvalue weighted by Gasteiger charge is 2.31. The second-order valence-electron chi connectivity index (χ2n) is 4.35. The minimum atomic E-state index is -2.82. The van der Waals surface area contributed by atoms with Crippen LogP contribution >= 0.6 is 0 Å². The van der Waals surface area contributed by atoms with Crippen molar-refractivity contribution in [2.24, 2.45) is 11.7 Å². The van der Waals surface area contributed by atoms with E-state index in [1.165, 1.54) is 0 Å². The lowest BCUT2D eigenvalue weighted by atomic mass is 10.1. The van der Waals surface area contributed by atoms with E-state index in [4.69, 9.17) is 11.1 Å². The summed E-state index contributed by atoms with van der Waals surface area (Å²) in [5.41, 5.74) is 5.37. The van der Waals surface area contributed by atoms with Gasteiger partial charge < -0.3 is 10.6 Å². The van der Waals surface area contributed by atoms with Crippen molar-refractivity contribution in [3.8, 4) is 0 Å². The zero-order chi connectivity index (χ0) is 11.6. The lowest BCUT2D eigenvalue weighted by molar-refractivity contribution is 0.247. The molecular weight excluding hydrogens is 214 g/mol. The molecule has 5 nitrogen and oxygen atoms in total. The molecule has 15 heavy (non-hydrogen) atoms. The number of nitrogens with two attached hydrogens (primary N) is 1. The van der Waals surface area contributed by atoms with Gasteiger partial charge in [-0.2, -0.15) is 0 Å². The van der Waals surface area contributed by atoms with E-state index in [1.807, 2.05) is 18.9 Å². The fraction of sp³-hybridized carbons (Fsp3) is 0.889. The number of hydrogen-bond donors (Lipinski definition) is 2. The summed E-state index contributed by atoms with van der Waals surface area (Å²) in [6, 6.07) is 0.0943. The highest BCUT2D eigenvalue weighted by atomic mass is 32.2. The Bertz CT molecular complexity index is 339. The van der Waals surface area contributed by atoms with Crippen LogP contribution in [0.25, 0.3) is 0 Å². The van der Waals surface area contributed by atoms with Crippen LogP contribution in [0, 0.1) is 11.3 Å². The molecule has 0 amide bonds. The Hall–Kier alpha value is -0.620. The average molecular weight is 233 g/mol. The summed E-state index contributed by atoms with van der Waals surface area (Å²) < 4.78 is 22.5. The van der Waals surface area contributed by atoms with Gasteiger partial charge in [0, 0.05) is 18.5 Å². The molecule has 1 fully saturated rings. The molecule has 0 aromatic rings. The third-order valence-electron chi connectivity index (χ3n) is 2.92. The highest BCUT2D eigenvalue weighted by Crippen LogP contribution is 2.17. The summed E-state index contributed by atoms with van der Waals surface area (Å²) in [6.45, 7) is 2.53. The van der Waals surface area contributed by atoms with Gasteiger partial charge in [0.2, 0.25) is 0 Å².